The van der Waals surface area contributed by atoms with Crippen molar-refractivity contribution in [3.63, 3.8) is 0 Å². The second kappa shape index (κ2) is 8.42. The summed E-state index contributed by atoms with van der Waals surface area (Å²) in [4.78, 5) is 21.2. The van der Waals surface area contributed by atoms with E-state index in [0.29, 0.717) is 12.2 Å². The van der Waals surface area contributed by atoms with Crippen molar-refractivity contribution < 1.29 is 9.53 Å². The number of carbonyl (C=O) groups excluding carboxylic acids is 1. The lowest BCUT2D eigenvalue weighted by atomic mass is 10.1. The van der Waals surface area contributed by atoms with Gasteiger partial charge in [0, 0.05) is 50.1 Å². The van der Waals surface area contributed by atoms with Crippen molar-refractivity contribution in [1.29, 1.82) is 0 Å². The molecule has 1 fully saturated rings. The van der Waals surface area contributed by atoms with Crippen molar-refractivity contribution in [2.45, 2.75) is 13.0 Å². The van der Waals surface area contributed by atoms with E-state index in [0.717, 1.165) is 49.9 Å². The van der Waals surface area contributed by atoms with Crippen LogP contribution < -0.4 is 10.5 Å². The molecule has 1 amide bonds. The third kappa shape index (κ3) is 4.36. The molecule has 1 aliphatic heterocycles. The van der Waals surface area contributed by atoms with Crippen LogP contribution in [0, 0.1) is 0 Å². The van der Waals surface area contributed by atoms with E-state index in [1.54, 1.807) is 7.11 Å². The topological polar surface area (TPSA) is 71.7 Å². The normalized spacial score (nSPS) is 15.4. The molecule has 1 aromatic heterocycles. The second-order valence-electron chi connectivity index (χ2n) is 6.05. The molecule has 0 atom stereocenters. The van der Waals surface area contributed by atoms with Crippen molar-refractivity contribution in [3.8, 4) is 5.75 Å². The summed E-state index contributed by atoms with van der Waals surface area (Å²) in [5.41, 5.74) is 7.27. The van der Waals surface area contributed by atoms with E-state index in [1.165, 1.54) is 16.9 Å². The molecule has 7 heteroatoms. The van der Waals surface area contributed by atoms with Crippen LogP contribution in [-0.4, -0.2) is 60.5 Å². The summed E-state index contributed by atoms with van der Waals surface area (Å²) in [6, 6.07) is 8.07. The molecule has 3 rings (SSSR count). The molecule has 25 heavy (non-hydrogen) atoms. The fraction of sp³-hybridized carbons (Fsp3) is 0.444. The number of nitrogens with two attached hydrogens (primary N) is 1. The standard InChI is InChI=1S/C18H24N4O2S/c1-24-16-5-3-2-4-14(16)12-21-8-10-22(11-9-21)18(23)15-13-25-17(20-15)6-7-19/h2-5,13H,6-12,19H2,1H3. The van der Waals surface area contributed by atoms with Crippen LogP contribution in [0.5, 0.6) is 5.75 Å². The molecule has 0 bridgehead atoms. The number of carbonyl (C=O) groups is 1. The van der Waals surface area contributed by atoms with Gasteiger partial charge < -0.3 is 15.4 Å². The third-order valence-corrected chi connectivity index (χ3v) is 5.28. The van der Waals surface area contributed by atoms with E-state index in [4.69, 9.17) is 10.5 Å². The molecule has 0 radical (unpaired) electrons. The summed E-state index contributed by atoms with van der Waals surface area (Å²) in [5, 5.41) is 2.77. The minimum atomic E-state index is 0.0245. The quantitative estimate of drug-likeness (QED) is 0.847. The summed E-state index contributed by atoms with van der Waals surface area (Å²) >= 11 is 1.51. The third-order valence-electron chi connectivity index (χ3n) is 4.38. The molecular weight excluding hydrogens is 336 g/mol. The molecule has 0 unspecified atom stereocenters. The molecule has 1 aromatic carbocycles. The number of benzene rings is 1. The van der Waals surface area contributed by atoms with Gasteiger partial charge in [-0.1, -0.05) is 18.2 Å². The fourth-order valence-corrected chi connectivity index (χ4v) is 3.78. The first-order valence-corrected chi connectivity index (χ1v) is 9.37. The average molecular weight is 360 g/mol. The molecule has 0 saturated carbocycles. The lowest BCUT2D eigenvalue weighted by molar-refractivity contribution is 0.0622. The van der Waals surface area contributed by atoms with Gasteiger partial charge in [-0.25, -0.2) is 4.98 Å². The number of ether oxygens (including phenoxy) is 1. The molecular formula is C18H24N4O2S. The van der Waals surface area contributed by atoms with Crippen LogP contribution in [0.1, 0.15) is 21.1 Å². The SMILES string of the molecule is COc1ccccc1CN1CCN(C(=O)c2csc(CCN)n2)CC1. The highest BCUT2D eigenvalue weighted by atomic mass is 32.1. The van der Waals surface area contributed by atoms with Crippen LogP contribution >= 0.6 is 11.3 Å². The maximum atomic E-state index is 12.6. The summed E-state index contributed by atoms with van der Waals surface area (Å²) in [7, 11) is 1.70. The maximum absolute atomic E-state index is 12.6. The van der Waals surface area contributed by atoms with Crippen LogP contribution in [0.25, 0.3) is 0 Å². The number of hydrogen-bond acceptors (Lipinski definition) is 6. The highest BCUT2D eigenvalue weighted by Crippen LogP contribution is 2.20. The van der Waals surface area contributed by atoms with Crippen molar-refractivity contribution in [3.05, 3.63) is 45.9 Å². The molecule has 0 aliphatic carbocycles. The Morgan fingerprint density at radius 1 is 1.28 bits per heavy atom. The number of piperazine rings is 1. The number of rotatable bonds is 6. The summed E-state index contributed by atoms with van der Waals surface area (Å²) in [5.74, 6) is 0.937. The Morgan fingerprint density at radius 2 is 2.04 bits per heavy atom. The number of nitrogens with zero attached hydrogens (tertiary/aromatic N) is 3. The zero-order valence-electron chi connectivity index (χ0n) is 14.5. The predicted molar refractivity (Wildman–Crippen MR) is 99.0 cm³/mol. The van der Waals surface area contributed by atoms with Gasteiger partial charge in [-0.2, -0.15) is 0 Å². The van der Waals surface area contributed by atoms with Crippen LogP contribution in [-0.2, 0) is 13.0 Å². The Balaban J connectivity index is 1.55. The highest BCUT2D eigenvalue weighted by molar-refractivity contribution is 7.09. The van der Waals surface area contributed by atoms with Crippen LogP contribution in [0.4, 0.5) is 0 Å². The number of aromatic nitrogens is 1. The Bertz CT molecular complexity index is 711. The van der Waals surface area contributed by atoms with E-state index < -0.39 is 0 Å². The first kappa shape index (κ1) is 17.8. The monoisotopic (exact) mass is 360 g/mol. The zero-order valence-corrected chi connectivity index (χ0v) is 15.3. The molecule has 1 saturated heterocycles. The van der Waals surface area contributed by atoms with Gasteiger partial charge in [0.15, 0.2) is 0 Å². The Hall–Kier alpha value is -1.96. The highest BCUT2D eigenvalue weighted by Gasteiger charge is 2.24. The largest absolute Gasteiger partial charge is 0.496 e. The van der Waals surface area contributed by atoms with Crippen LogP contribution in [0.2, 0.25) is 0 Å². The smallest absolute Gasteiger partial charge is 0.273 e. The van der Waals surface area contributed by atoms with E-state index >= 15 is 0 Å². The first-order chi connectivity index (χ1) is 12.2. The number of thiazole rings is 1. The second-order valence-corrected chi connectivity index (χ2v) is 6.99. The Labute approximate surface area is 152 Å². The van der Waals surface area contributed by atoms with Crippen LogP contribution in [0.15, 0.2) is 29.6 Å². The predicted octanol–water partition coefficient (Wildman–Crippen LogP) is 1.61. The number of para-hydroxylation sites is 1. The van der Waals surface area contributed by atoms with E-state index in [2.05, 4.69) is 16.0 Å². The van der Waals surface area contributed by atoms with Gasteiger partial charge in [-0.05, 0) is 12.6 Å². The Kier molecular flexibility index (Phi) is 6.01. The molecule has 0 spiro atoms. The van der Waals surface area contributed by atoms with Gasteiger partial charge in [0.1, 0.15) is 11.4 Å². The number of amides is 1. The minimum absolute atomic E-state index is 0.0245. The minimum Gasteiger partial charge on any atom is -0.496 e. The molecule has 134 valence electrons. The Morgan fingerprint density at radius 3 is 2.76 bits per heavy atom. The lowest BCUT2D eigenvalue weighted by Gasteiger charge is -2.34. The van der Waals surface area contributed by atoms with Gasteiger partial charge in [-0.15, -0.1) is 11.3 Å². The van der Waals surface area contributed by atoms with E-state index in [-0.39, 0.29) is 5.91 Å². The van der Waals surface area contributed by atoms with Crippen LogP contribution in [0.3, 0.4) is 0 Å². The average Bonchev–Trinajstić information content (AvgIpc) is 3.11. The van der Waals surface area contributed by atoms with Gasteiger partial charge in [0.05, 0.1) is 12.1 Å². The molecule has 6 nitrogen and oxygen atoms in total. The van der Waals surface area contributed by atoms with Gasteiger partial charge >= 0.3 is 0 Å². The van der Waals surface area contributed by atoms with Gasteiger partial charge in [-0.3, -0.25) is 9.69 Å². The lowest BCUT2D eigenvalue weighted by Crippen LogP contribution is -2.48. The van der Waals surface area contributed by atoms with Crippen molar-refractivity contribution in [2.24, 2.45) is 5.73 Å². The fourth-order valence-electron chi connectivity index (χ4n) is 2.99. The zero-order chi connectivity index (χ0) is 17.6. The maximum Gasteiger partial charge on any atom is 0.273 e. The van der Waals surface area contributed by atoms with E-state index in [9.17, 15) is 4.79 Å². The molecule has 2 N–H and O–H groups in total. The van der Waals surface area contributed by atoms with Gasteiger partial charge in [0.2, 0.25) is 0 Å². The van der Waals surface area contributed by atoms with Crippen molar-refractivity contribution in [2.75, 3.05) is 39.8 Å². The summed E-state index contributed by atoms with van der Waals surface area (Å²) < 4.78 is 5.42. The summed E-state index contributed by atoms with van der Waals surface area (Å²) in [6.07, 6.45) is 0.727. The first-order valence-electron chi connectivity index (χ1n) is 8.49. The van der Waals surface area contributed by atoms with Crippen molar-refractivity contribution in [1.82, 2.24) is 14.8 Å². The number of hydrogen-bond donors (Lipinski definition) is 1. The van der Waals surface area contributed by atoms with E-state index in [1.807, 2.05) is 28.5 Å². The summed E-state index contributed by atoms with van der Waals surface area (Å²) in [6.45, 7) is 4.54. The molecule has 2 aromatic rings. The van der Waals surface area contributed by atoms with Crippen molar-refractivity contribution >= 4 is 17.2 Å². The molecule has 1 aliphatic rings. The van der Waals surface area contributed by atoms with Gasteiger partial charge in [0.25, 0.3) is 5.91 Å². The molecule has 2 heterocycles. The number of methoxy groups -OCH3 is 1.